The molecule has 1 atom stereocenters. The second-order valence-electron chi connectivity index (χ2n) is 4.22. The van der Waals surface area contributed by atoms with E-state index in [9.17, 15) is 0 Å². The molecule has 3 nitrogen and oxygen atoms in total. The van der Waals surface area contributed by atoms with Gasteiger partial charge in [-0.1, -0.05) is 19.1 Å². The van der Waals surface area contributed by atoms with Crippen LogP contribution in [0.3, 0.4) is 0 Å². The number of methoxy groups -OCH3 is 1. The van der Waals surface area contributed by atoms with Gasteiger partial charge in [-0.15, -0.1) is 11.8 Å². The van der Waals surface area contributed by atoms with E-state index in [2.05, 4.69) is 6.07 Å². The fraction of sp³-hybridized carbons (Fsp3) is 0.500. The number of thioether (sulfide) groups is 1. The van der Waals surface area contributed by atoms with Crippen LogP contribution in [0.1, 0.15) is 26.2 Å². The summed E-state index contributed by atoms with van der Waals surface area (Å²) >= 11 is 1.74. The molecule has 0 aliphatic carbocycles. The Morgan fingerprint density at radius 3 is 2.78 bits per heavy atom. The summed E-state index contributed by atoms with van der Waals surface area (Å²) in [6.45, 7) is 1.95. The number of nitrogens with two attached hydrogens (primary N) is 1. The van der Waals surface area contributed by atoms with E-state index < -0.39 is 5.54 Å². The molecule has 0 bridgehead atoms. The van der Waals surface area contributed by atoms with Crippen LogP contribution >= 0.6 is 11.8 Å². The number of hydrogen-bond acceptors (Lipinski definition) is 4. The predicted octanol–water partition coefficient (Wildman–Crippen LogP) is 3.20. The van der Waals surface area contributed by atoms with Crippen LogP contribution in [0.15, 0.2) is 29.2 Å². The normalized spacial score (nSPS) is 13.7. The van der Waals surface area contributed by atoms with Crippen molar-refractivity contribution in [1.29, 1.82) is 5.26 Å². The molecule has 0 radical (unpaired) electrons. The van der Waals surface area contributed by atoms with Gasteiger partial charge in [-0.25, -0.2) is 0 Å². The Labute approximate surface area is 113 Å². The van der Waals surface area contributed by atoms with Gasteiger partial charge in [0.25, 0.3) is 0 Å². The van der Waals surface area contributed by atoms with Crippen molar-refractivity contribution in [3.8, 4) is 11.8 Å². The lowest BCUT2D eigenvalue weighted by Gasteiger charge is -2.18. The van der Waals surface area contributed by atoms with Crippen LogP contribution in [0.4, 0.5) is 0 Å². The van der Waals surface area contributed by atoms with E-state index in [-0.39, 0.29) is 0 Å². The highest BCUT2D eigenvalue weighted by Gasteiger charge is 2.20. The molecule has 2 N–H and O–H groups in total. The number of para-hydroxylation sites is 1. The molecule has 1 aromatic carbocycles. The highest BCUT2D eigenvalue weighted by atomic mass is 32.2. The molecular weight excluding hydrogens is 244 g/mol. The first kappa shape index (κ1) is 14.9. The summed E-state index contributed by atoms with van der Waals surface area (Å²) in [5.74, 6) is 1.85. The SMILES string of the molecule is CCC(N)(C#N)CCCSc1ccccc1OC. The summed E-state index contributed by atoms with van der Waals surface area (Å²) in [5.41, 5.74) is 5.27. The maximum atomic E-state index is 8.98. The van der Waals surface area contributed by atoms with Crippen LogP contribution in [0, 0.1) is 11.3 Å². The lowest BCUT2D eigenvalue weighted by molar-refractivity contribution is 0.405. The van der Waals surface area contributed by atoms with Crippen LogP contribution < -0.4 is 10.5 Å². The number of hydrogen-bond donors (Lipinski definition) is 1. The van der Waals surface area contributed by atoms with Crippen LogP contribution in [0.5, 0.6) is 5.75 Å². The maximum Gasteiger partial charge on any atom is 0.132 e. The topological polar surface area (TPSA) is 59.0 Å². The summed E-state index contributed by atoms with van der Waals surface area (Å²) < 4.78 is 5.29. The van der Waals surface area contributed by atoms with Crippen molar-refractivity contribution in [3.63, 3.8) is 0 Å². The summed E-state index contributed by atoms with van der Waals surface area (Å²) in [6, 6.07) is 10.2. The Morgan fingerprint density at radius 2 is 2.17 bits per heavy atom. The molecule has 4 heteroatoms. The number of ether oxygens (including phenoxy) is 1. The van der Waals surface area contributed by atoms with Crippen LogP contribution in [-0.4, -0.2) is 18.4 Å². The number of nitriles is 1. The summed E-state index contributed by atoms with van der Waals surface area (Å²) in [6.07, 6.45) is 2.37. The van der Waals surface area contributed by atoms with E-state index in [0.29, 0.717) is 6.42 Å². The van der Waals surface area contributed by atoms with Gasteiger partial charge in [-0.05, 0) is 37.1 Å². The predicted molar refractivity (Wildman–Crippen MR) is 75.8 cm³/mol. The molecule has 0 saturated heterocycles. The Kier molecular flexibility index (Phi) is 6.03. The van der Waals surface area contributed by atoms with Crippen molar-refractivity contribution in [2.75, 3.05) is 12.9 Å². The summed E-state index contributed by atoms with van der Waals surface area (Å²) in [7, 11) is 1.68. The molecule has 0 spiro atoms. The van der Waals surface area contributed by atoms with E-state index in [0.717, 1.165) is 29.2 Å². The van der Waals surface area contributed by atoms with Crippen molar-refractivity contribution in [3.05, 3.63) is 24.3 Å². The zero-order chi connectivity index (χ0) is 13.4. The Bertz CT molecular complexity index is 417. The monoisotopic (exact) mass is 264 g/mol. The van der Waals surface area contributed by atoms with Crippen LogP contribution in [-0.2, 0) is 0 Å². The second kappa shape index (κ2) is 7.30. The second-order valence-corrected chi connectivity index (χ2v) is 5.36. The molecule has 0 amide bonds. The standard InChI is InChI=1S/C14H20N2OS/c1-3-14(16,11-15)9-6-10-18-13-8-5-4-7-12(13)17-2/h4-5,7-8H,3,6,9-10,16H2,1-2H3. The van der Waals surface area contributed by atoms with Gasteiger partial charge in [-0.2, -0.15) is 5.26 Å². The first-order valence-corrected chi connectivity index (χ1v) is 7.09. The molecule has 1 rings (SSSR count). The molecule has 0 heterocycles. The fourth-order valence-corrected chi connectivity index (χ4v) is 2.60. The van der Waals surface area contributed by atoms with Gasteiger partial charge in [-0.3, -0.25) is 0 Å². The number of rotatable bonds is 7. The van der Waals surface area contributed by atoms with Gasteiger partial charge in [0.2, 0.25) is 0 Å². The summed E-state index contributed by atoms with van der Waals surface area (Å²) in [5, 5.41) is 8.98. The molecular formula is C14H20N2OS. The smallest absolute Gasteiger partial charge is 0.132 e. The van der Waals surface area contributed by atoms with Gasteiger partial charge in [0.05, 0.1) is 13.2 Å². The van der Waals surface area contributed by atoms with E-state index in [1.807, 2.05) is 31.2 Å². The van der Waals surface area contributed by atoms with E-state index in [4.69, 9.17) is 15.7 Å². The van der Waals surface area contributed by atoms with Crippen LogP contribution in [0.25, 0.3) is 0 Å². The molecule has 1 unspecified atom stereocenters. The quantitative estimate of drug-likeness (QED) is 0.607. The van der Waals surface area contributed by atoms with E-state index in [1.165, 1.54) is 0 Å². The van der Waals surface area contributed by atoms with E-state index >= 15 is 0 Å². The minimum atomic E-state index is -0.665. The molecule has 18 heavy (non-hydrogen) atoms. The van der Waals surface area contributed by atoms with Crippen LogP contribution in [0.2, 0.25) is 0 Å². The molecule has 0 saturated carbocycles. The number of nitrogens with zero attached hydrogens (tertiary/aromatic N) is 1. The lowest BCUT2D eigenvalue weighted by Crippen LogP contribution is -2.37. The zero-order valence-electron chi connectivity index (χ0n) is 11.0. The van der Waals surface area contributed by atoms with Crippen molar-refractivity contribution < 1.29 is 4.74 Å². The molecule has 0 aliphatic rings. The third kappa shape index (κ3) is 4.25. The highest BCUT2D eigenvalue weighted by molar-refractivity contribution is 7.99. The molecule has 0 aliphatic heterocycles. The fourth-order valence-electron chi connectivity index (χ4n) is 1.62. The largest absolute Gasteiger partial charge is 0.496 e. The molecule has 0 aromatic heterocycles. The van der Waals surface area contributed by atoms with Gasteiger partial charge in [0.15, 0.2) is 0 Å². The van der Waals surface area contributed by atoms with Gasteiger partial charge in [0, 0.05) is 4.90 Å². The molecule has 98 valence electrons. The average Bonchev–Trinajstić information content (AvgIpc) is 2.43. The van der Waals surface area contributed by atoms with Crippen molar-refractivity contribution in [2.45, 2.75) is 36.6 Å². The first-order valence-electron chi connectivity index (χ1n) is 6.11. The summed E-state index contributed by atoms with van der Waals surface area (Å²) in [4.78, 5) is 1.14. The van der Waals surface area contributed by atoms with E-state index in [1.54, 1.807) is 18.9 Å². The Balaban J connectivity index is 2.41. The lowest BCUT2D eigenvalue weighted by atomic mass is 9.94. The van der Waals surface area contributed by atoms with Crippen molar-refractivity contribution in [1.82, 2.24) is 0 Å². The van der Waals surface area contributed by atoms with Crippen molar-refractivity contribution >= 4 is 11.8 Å². The van der Waals surface area contributed by atoms with Gasteiger partial charge < -0.3 is 10.5 Å². The zero-order valence-corrected chi connectivity index (χ0v) is 11.8. The van der Waals surface area contributed by atoms with Crippen molar-refractivity contribution in [2.24, 2.45) is 5.73 Å². The molecule has 0 fully saturated rings. The number of benzene rings is 1. The van der Waals surface area contributed by atoms with Gasteiger partial charge in [0.1, 0.15) is 11.3 Å². The molecule has 1 aromatic rings. The Hall–Kier alpha value is -1.18. The first-order chi connectivity index (χ1) is 8.65. The average molecular weight is 264 g/mol. The Morgan fingerprint density at radius 1 is 1.44 bits per heavy atom. The third-order valence-electron chi connectivity index (χ3n) is 2.95. The highest BCUT2D eigenvalue weighted by Crippen LogP contribution is 2.29. The minimum absolute atomic E-state index is 0.665. The maximum absolute atomic E-state index is 8.98. The van der Waals surface area contributed by atoms with Gasteiger partial charge >= 0.3 is 0 Å². The minimum Gasteiger partial charge on any atom is -0.496 e. The third-order valence-corrected chi connectivity index (χ3v) is 4.09.